The van der Waals surface area contributed by atoms with Gasteiger partial charge in [-0.25, -0.2) is 4.79 Å². The molecule has 0 aromatic heterocycles. The van der Waals surface area contributed by atoms with E-state index < -0.39 is 11.9 Å². The molecule has 2 rings (SSSR count). The Bertz CT molecular complexity index is 473. The van der Waals surface area contributed by atoms with E-state index in [-0.39, 0.29) is 23.0 Å². The third-order valence-corrected chi connectivity index (χ3v) is 3.36. The minimum Gasteiger partial charge on any atom is -0.477 e. The van der Waals surface area contributed by atoms with E-state index >= 15 is 0 Å². The van der Waals surface area contributed by atoms with Gasteiger partial charge in [0.15, 0.2) is 0 Å². The fraction of sp³-hybridized carbons (Fsp3) is 0.417. The molecule has 0 aromatic carbocycles. The van der Waals surface area contributed by atoms with Crippen molar-refractivity contribution >= 4 is 17.7 Å². The highest BCUT2D eigenvalue weighted by Gasteiger charge is 2.37. The maximum Gasteiger partial charge on any atom is 0.341 e. The topological polar surface area (TPSA) is 107 Å². The summed E-state index contributed by atoms with van der Waals surface area (Å²) in [5.41, 5.74) is 5.34. The maximum atomic E-state index is 12.1. The summed E-state index contributed by atoms with van der Waals surface area (Å²) in [4.78, 5) is 24.4. The molecule has 0 unspecified atom stereocenters. The van der Waals surface area contributed by atoms with Crippen molar-refractivity contribution in [2.24, 2.45) is 5.73 Å². The van der Waals surface area contributed by atoms with Crippen LogP contribution in [0.25, 0.3) is 0 Å². The van der Waals surface area contributed by atoms with Crippen LogP contribution in [-0.2, 0) is 9.59 Å². The Morgan fingerprint density at radius 2 is 2.11 bits per heavy atom. The van der Waals surface area contributed by atoms with Crippen LogP contribution in [0.15, 0.2) is 23.4 Å². The average molecular weight is 249 g/mol. The molecular formula is C12H15N3O3. The monoisotopic (exact) mass is 249 g/mol. The van der Waals surface area contributed by atoms with E-state index in [1.807, 2.05) is 0 Å². The lowest BCUT2D eigenvalue weighted by Gasteiger charge is -2.32. The molecular weight excluding hydrogens is 234 g/mol. The van der Waals surface area contributed by atoms with Gasteiger partial charge in [-0.2, -0.15) is 0 Å². The zero-order valence-corrected chi connectivity index (χ0v) is 9.85. The zero-order chi connectivity index (χ0) is 13.3. The lowest BCUT2D eigenvalue weighted by molar-refractivity contribution is -0.137. The van der Waals surface area contributed by atoms with Gasteiger partial charge in [-0.1, -0.05) is 12.8 Å². The van der Waals surface area contributed by atoms with E-state index in [2.05, 4.69) is 0 Å². The highest BCUT2D eigenvalue weighted by molar-refractivity contribution is 6.26. The molecule has 1 heterocycles. The first kappa shape index (κ1) is 12.3. The van der Waals surface area contributed by atoms with Crippen LogP contribution in [0.1, 0.15) is 25.7 Å². The predicted octanol–water partition coefficient (Wildman–Crippen LogP) is 0.602. The van der Waals surface area contributed by atoms with Crippen LogP contribution in [0, 0.1) is 5.41 Å². The van der Waals surface area contributed by atoms with Crippen LogP contribution in [0.5, 0.6) is 0 Å². The summed E-state index contributed by atoms with van der Waals surface area (Å²) in [6, 6.07) is -0.0806. The summed E-state index contributed by atoms with van der Waals surface area (Å²) >= 11 is 0. The first-order chi connectivity index (χ1) is 8.56. The number of nitrogens with one attached hydrogen (secondary N) is 1. The minimum atomic E-state index is -1.28. The number of hydrogen-bond acceptors (Lipinski definition) is 4. The number of carbonyl (C=O) groups is 2. The molecule has 1 amide bonds. The van der Waals surface area contributed by atoms with E-state index in [4.69, 9.17) is 16.2 Å². The van der Waals surface area contributed by atoms with Crippen LogP contribution in [0.4, 0.5) is 0 Å². The number of nitrogens with two attached hydrogens (primary N) is 1. The van der Waals surface area contributed by atoms with Crippen molar-refractivity contribution in [2.45, 2.75) is 31.7 Å². The zero-order valence-electron chi connectivity index (χ0n) is 9.85. The lowest BCUT2D eigenvalue weighted by Crippen LogP contribution is -2.48. The Balaban J connectivity index is 2.41. The molecule has 18 heavy (non-hydrogen) atoms. The summed E-state index contributed by atoms with van der Waals surface area (Å²) in [6.07, 6.45) is 5.93. The number of aliphatic carboxylic acids is 1. The number of carbonyl (C=O) groups excluding carboxylic acids is 1. The van der Waals surface area contributed by atoms with Gasteiger partial charge in [-0.3, -0.25) is 15.1 Å². The normalized spacial score (nSPS) is 23.7. The van der Waals surface area contributed by atoms with Crippen molar-refractivity contribution in [2.75, 3.05) is 0 Å². The Kier molecular flexibility index (Phi) is 3.18. The standard InChI is InChI=1S/C12H15N3O3/c13-6-7-5-9(12(17)18)11(16)15(10(7)14)8-3-1-2-4-8/h5-6,8,14H,1-4,13H2,(H,17,18)/b7-6-,14-10?. The Morgan fingerprint density at radius 1 is 1.50 bits per heavy atom. The number of hydrogen-bond donors (Lipinski definition) is 3. The van der Waals surface area contributed by atoms with Crippen molar-refractivity contribution in [3.63, 3.8) is 0 Å². The lowest BCUT2D eigenvalue weighted by atomic mass is 10.0. The molecule has 1 saturated carbocycles. The molecule has 2 aliphatic rings. The molecule has 0 saturated heterocycles. The number of rotatable bonds is 2. The summed E-state index contributed by atoms with van der Waals surface area (Å²) in [6.45, 7) is 0. The van der Waals surface area contributed by atoms with Crippen LogP contribution >= 0.6 is 0 Å². The second-order valence-corrected chi connectivity index (χ2v) is 4.45. The molecule has 0 radical (unpaired) electrons. The molecule has 6 heteroatoms. The summed E-state index contributed by atoms with van der Waals surface area (Å²) in [7, 11) is 0. The van der Waals surface area contributed by atoms with Crippen molar-refractivity contribution in [3.05, 3.63) is 23.4 Å². The third-order valence-electron chi connectivity index (χ3n) is 3.36. The summed E-state index contributed by atoms with van der Waals surface area (Å²) < 4.78 is 0. The Labute approximate surface area is 104 Å². The second-order valence-electron chi connectivity index (χ2n) is 4.45. The smallest absolute Gasteiger partial charge is 0.341 e. The number of amides is 1. The van der Waals surface area contributed by atoms with Gasteiger partial charge in [-0.15, -0.1) is 0 Å². The molecule has 6 nitrogen and oxygen atoms in total. The highest BCUT2D eigenvalue weighted by Crippen LogP contribution is 2.29. The SMILES string of the molecule is N=C1/C(=C\N)C=C(C(=O)O)C(=O)N1C1CCCC1. The molecule has 4 N–H and O–H groups in total. The fourth-order valence-electron chi connectivity index (χ4n) is 2.45. The number of amidine groups is 1. The van der Waals surface area contributed by atoms with Crippen molar-refractivity contribution in [1.82, 2.24) is 4.90 Å². The van der Waals surface area contributed by atoms with E-state index in [1.54, 1.807) is 0 Å². The maximum absolute atomic E-state index is 12.1. The largest absolute Gasteiger partial charge is 0.477 e. The van der Waals surface area contributed by atoms with Crippen LogP contribution < -0.4 is 5.73 Å². The second kappa shape index (κ2) is 4.64. The molecule has 1 aliphatic carbocycles. The Hall–Kier alpha value is -2.11. The van der Waals surface area contributed by atoms with Crippen molar-refractivity contribution in [3.8, 4) is 0 Å². The van der Waals surface area contributed by atoms with Gasteiger partial charge in [0.05, 0.1) is 0 Å². The fourth-order valence-corrected chi connectivity index (χ4v) is 2.45. The van der Waals surface area contributed by atoms with Gasteiger partial charge in [0.1, 0.15) is 11.4 Å². The van der Waals surface area contributed by atoms with E-state index in [0.717, 1.165) is 25.7 Å². The summed E-state index contributed by atoms with van der Waals surface area (Å²) in [5.74, 6) is -1.89. The molecule has 0 spiro atoms. The molecule has 1 aliphatic heterocycles. The summed E-state index contributed by atoms with van der Waals surface area (Å²) in [5, 5.41) is 17.0. The molecule has 0 aromatic rings. The van der Waals surface area contributed by atoms with Crippen LogP contribution in [0.2, 0.25) is 0 Å². The Morgan fingerprint density at radius 3 is 2.61 bits per heavy atom. The van der Waals surface area contributed by atoms with Gasteiger partial charge < -0.3 is 10.8 Å². The molecule has 96 valence electrons. The quantitative estimate of drug-likeness (QED) is 0.623. The predicted molar refractivity (Wildman–Crippen MR) is 64.8 cm³/mol. The van der Waals surface area contributed by atoms with Gasteiger partial charge in [0.2, 0.25) is 0 Å². The molecule has 1 fully saturated rings. The van der Waals surface area contributed by atoms with Gasteiger partial charge in [0, 0.05) is 17.8 Å². The van der Waals surface area contributed by atoms with E-state index in [0.29, 0.717) is 0 Å². The van der Waals surface area contributed by atoms with Crippen molar-refractivity contribution < 1.29 is 14.7 Å². The number of carboxylic acid groups (broad SMARTS) is 1. The molecule has 0 atom stereocenters. The van der Waals surface area contributed by atoms with E-state index in [9.17, 15) is 9.59 Å². The van der Waals surface area contributed by atoms with Gasteiger partial charge in [-0.05, 0) is 18.9 Å². The highest BCUT2D eigenvalue weighted by atomic mass is 16.4. The van der Waals surface area contributed by atoms with Gasteiger partial charge in [0.25, 0.3) is 5.91 Å². The average Bonchev–Trinajstić information content (AvgIpc) is 2.82. The minimum absolute atomic E-state index is 0.000556. The van der Waals surface area contributed by atoms with Crippen LogP contribution in [0.3, 0.4) is 0 Å². The van der Waals surface area contributed by atoms with Crippen LogP contribution in [-0.4, -0.2) is 33.8 Å². The van der Waals surface area contributed by atoms with E-state index in [1.165, 1.54) is 17.2 Å². The molecule has 0 bridgehead atoms. The number of carboxylic acids is 1. The third kappa shape index (κ3) is 1.90. The van der Waals surface area contributed by atoms with Gasteiger partial charge >= 0.3 is 5.97 Å². The van der Waals surface area contributed by atoms with Crippen molar-refractivity contribution in [1.29, 1.82) is 5.41 Å². The number of nitrogens with zero attached hydrogens (tertiary/aromatic N) is 1. The first-order valence-corrected chi connectivity index (χ1v) is 5.85. The first-order valence-electron chi connectivity index (χ1n) is 5.85.